The number of esters is 1. The summed E-state index contributed by atoms with van der Waals surface area (Å²) in [5, 5.41) is 0. The Kier molecular flexibility index (Phi) is 6.00. The maximum atomic E-state index is 14.0. The Morgan fingerprint density at radius 2 is 1.88 bits per heavy atom. The van der Waals surface area contributed by atoms with E-state index in [1.165, 1.54) is 19.1 Å². The zero-order valence-electron chi connectivity index (χ0n) is 15.3. The molecule has 0 saturated carbocycles. The van der Waals surface area contributed by atoms with Crippen LogP contribution in [0.25, 0.3) is 0 Å². The molecule has 3 unspecified atom stereocenters. The fraction of sp³-hybridized carbons (Fsp3) is 0.556. The summed E-state index contributed by atoms with van der Waals surface area (Å²) in [7, 11) is 3.42. The maximum Gasteiger partial charge on any atom is 0.339 e. The third kappa shape index (κ3) is 4.69. The third-order valence-corrected chi connectivity index (χ3v) is 4.03. The number of hydrogen-bond acceptors (Lipinski definition) is 5. The van der Waals surface area contributed by atoms with Crippen molar-refractivity contribution in [2.24, 2.45) is 0 Å². The van der Waals surface area contributed by atoms with E-state index in [1.807, 2.05) is 13.8 Å². The molecule has 3 atom stereocenters. The van der Waals surface area contributed by atoms with Crippen molar-refractivity contribution >= 4 is 17.6 Å². The van der Waals surface area contributed by atoms with Gasteiger partial charge in [0.1, 0.15) is 5.82 Å². The number of nitrogens with zero attached hydrogens (tertiary/aromatic N) is 2. The number of anilines is 1. The molecule has 7 heteroatoms. The smallest absolute Gasteiger partial charge is 0.339 e. The molecule has 1 aliphatic rings. The van der Waals surface area contributed by atoms with Crippen LogP contribution < -0.4 is 4.90 Å². The highest BCUT2D eigenvalue weighted by Gasteiger charge is 2.30. The molecule has 1 amide bonds. The summed E-state index contributed by atoms with van der Waals surface area (Å²) >= 11 is 0. The van der Waals surface area contributed by atoms with E-state index in [0.717, 1.165) is 6.07 Å². The second kappa shape index (κ2) is 7.82. The molecule has 1 saturated heterocycles. The van der Waals surface area contributed by atoms with Crippen molar-refractivity contribution in [3.8, 4) is 0 Å². The Hall–Kier alpha value is -2.15. The zero-order valence-corrected chi connectivity index (χ0v) is 15.3. The largest absolute Gasteiger partial charge is 0.449 e. The molecule has 25 heavy (non-hydrogen) atoms. The second-order valence-electron chi connectivity index (χ2n) is 6.61. The highest BCUT2D eigenvalue weighted by Crippen LogP contribution is 2.19. The lowest BCUT2D eigenvalue weighted by atomic mass is 10.2. The molecule has 2 rings (SSSR count). The Morgan fingerprint density at radius 3 is 2.40 bits per heavy atom. The molecule has 0 bridgehead atoms. The molecular formula is C18H25FN2O4. The van der Waals surface area contributed by atoms with Crippen molar-refractivity contribution in [1.29, 1.82) is 0 Å². The highest BCUT2D eigenvalue weighted by molar-refractivity contribution is 5.92. The molecule has 0 spiro atoms. The van der Waals surface area contributed by atoms with Crippen LogP contribution in [0, 0.1) is 5.82 Å². The van der Waals surface area contributed by atoms with Crippen LogP contribution in [0.4, 0.5) is 10.1 Å². The summed E-state index contributed by atoms with van der Waals surface area (Å²) in [6.45, 7) is 6.22. The number of halogens is 1. The number of rotatable bonds is 4. The topological polar surface area (TPSA) is 59.1 Å². The lowest BCUT2D eigenvalue weighted by Crippen LogP contribution is -2.51. The molecule has 0 radical (unpaired) electrons. The van der Waals surface area contributed by atoms with Crippen LogP contribution in [0.15, 0.2) is 18.2 Å². The Bertz CT molecular complexity index is 640. The van der Waals surface area contributed by atoms with Crippen molar-refractivity contribution in [3.05, 3.63) is 29.6 Å². The Balaban J connectivity index is 2.02. The number of hydrogen-bond donors (Lipinski definition) is 0. The average Bonchev–Trinajstić information content (AvgIpc) is 2.52. The number of morpholine rings is 1. The van der Waals surface area contributed by atoms with Crippen LogP contribution in [0.2, 0.25) is 0 Å². The number of ether oxygens (including phenoxy) is 2. The number of carbonyl (C=O) groups is 2. The Labute approximate surface area is 147 Å². The minimum absolute atomic E-state index is 0.0664. The first-order chi connectivity index (χ1) is 11.7. The van der Waals surface area contributed by atoms with Gasteiger partial charge in [0.2, 0.25) is 0 Å². The molecule has 138 valence electrons. The zero-order chi connectivity index (χ0) is 18.7. The number of carbonyl (C=O) groups excluding carboxylic acids is 2. The summed E-state index contributed by atoms with van der Waals surface area (Å²) in [6, 6.07) is 4.11. The van der Waals surface area contributed by atoms with Gasteiger partial charge in [-0.25, -0.2) is 9.18 Å². The lowest BCUT2D eigenvalue weighted by molar-refractivity contribution is -0.151. The number of benzene rings is 1. The van der Waals surface area contributed by atoms with Gasteiger partial charge >= 0.3 is 5.97 Å². The highest BCUT2D eigenvalue weighted by atomic mass is 19.1. The minimum Gasteiger partial charge on any atom is -0.449 e. The van der Waals surface area contributed by atoms with Gasteiger partial charge in [-0.2, -0.15) is 0 Å². The van der Waals surface area contributed by atoms with Gasteiger partial charge in [0.05, 0.1) is 23.5 Å². The van der Waals surface area contributed by atoms with Crippen LogP contribution in [0.5, 0.6) is 0 Å². The summed E-state index contributed by atoms with van der Waals surface area (Å²) < 4.78 is 24.8. The van der Waals surface area contributed by atoms with Crippen molar-refractivity contribution in [3.63, 3.8) is 0 Å². The molecule has 1 fully saturated rings. The molecule has 1 aliphatic heterocycles. The van der Waals surface area contributed by atoms with E-state index in [1.54, 1.807) is 23.9 Å². The molecule has 1 heterocycles. The number of amides is 1. The quantitative estimate of drug-likeness (QED) is 0.777. The van der Waals surface area contributed by atoms with Gasteiger partial charge in [-0.1, -0.05) is 0 Å². The Morgan fingerprint density at radius 1 is 1.28 bits per heavy atom. The fourth-order valence-electron chi connectivity index (χ4n) is 2.89. The van der Waals surface area contributed by atoms with E-state index in [2.05, 4.69) is 0 Å². The van der Waals surface area contributed by atoms with Gasteiger partial charge in [0, 0.05) is 27.2 Å². The van der Waals surface area contributed by atoms with Crippen LogP contribution in [0.3, 0.4) is 0 Å². The van der Waals surface area contributed by atoms with Gasteiger partial charge in [-0.05, 0) is 39.0 Å². The first-order valence-corrected chi connectivity index (χ1v) is 8.31. The summed E-state index contributed by atoms with van der Waals surface area (Å²) in [5.74, 6) is -1.52. The minimum atomic E-state index is -0.943. The van der Waals surface area contributed by atoms with Crippen molar-refractivity contribution in [1.82, 2.24) is 4.90 Å². The standard InChI is InChI=1S/C18H25FN2O4/c1-11-9-21(10-12(2)24-11)17(22)13(3)25-18(23)14-6-7-16(20(4)5)15(19)8-14/h6-8,11-13H,9-10H2,1-5H3. The molecule has 6 nitrogen and oxygen atoms in total. The predicted octanol–water partition coefficient (Wildman–Crippen LogP) is 2.07. The van der Waals surface area contributed by atoms with Crippen molar-refractivity contribution in [2.75, 3.05) is 32.1 Å². The van der Waals surface area contributed by atoms with E-state index >= 15 is 0 Å². The van der Waals surface area contributed by atoms with E-state index in [4.69, 9.17) is 9.47 Å². The molecular weight excluding hydrogens is 327 g/mol. The first-order valence-electron chi connectivity index (χ1n) is 8.31. The monoisotopic (exact) mass is 352 g/mol. The van der Waals surface area contributed by atoms with Gasteiger partial charge < -0.3 is 19.3 Å². The van der Waals surface area contributed by atoms with Crippen LogP contribution >= 0.6 is 0 Å². The van der Waals surface area contributed by atoms with Gasteiger partial charge in [0.25, 0.3) is 5.91 Å². The van der Waals surface area contributed by atoms with Crippen molar-refractivity contribution < 1.29 is 23.5 Å². The maximum absolute atomic E-state index is 14.0. The van der Waals surface area contributed by atoms with E-state index in [9.17, 15) is 14.0 Å². The van der Waals surface area contributed by atoms with E-state index in [-0.39, 0.29) is 23.7 Å². The lowest BCUT2D eigenvalue weighted by Gasteiger charge is -2.36. The summed E-state index contributed by atoms with van der Waals surface area (Å²) in [6.07, 6.45) is -1.08. The normalized spacial score (nSPS) is 21.6. The fourth-order valence-corrected chi connectivity index (χ4v) is 2.89. The average molecular weight is 352 g/mol. The third-order valence-electron chi connectivity index (χ3n) is 4.03. The SMILES string of the molecule is CC1CN(C(=O)C(C)OC(=O)c2ccc(N(C)C)c(F)c2)CC(C)O1. The first kappa shape index (κ1) is 19.2. The van der Waals surface area contributed by atoms with E-state index < -0.39 is 17.9 Å². The van der Waals surface area contributed by atoms with Crippen LogP contribution in [-0.4, -0.2) is 62.3 Å². The van der Waals surface area contributed by atoms with E-state index in [0.29, 0.717) is 18.8 Å². The van der Waals surface area contributed by atoms with Crippen LogP contribution in [0.1, 0.15) is 31.1 Å². The molecule has 0 N–H and O–H groups in total. The second-order valence-corrected chi connectivity index (χ2v) is 6.61. The molecule has 0 aliphatic carbocycles. The van der Waals surface area contributed by atoms with Gasteiger partial charge in [-0.15, -0.1) is 0 Å². The van der Waals surface area contributed by atoms with Crippen LogP contribution in [-0.2, 0) is 14.3 Å². The van der Waals surface area contributed by atoms with Gasteiger partial charge in [-0.3, -0.25) is 4.79 Å². The van der Waals surface area contributed by atoms with Gasteiger partial charge in [0.15, 0.2) is 6.10 Å². The summed E-state index contributed by atoms with van der Waals surface area (Å²) in [4.78, 5) is 27.9. The molecule has 1 aromatic rings. The van der Waals surface area contributed by atoms with Crippen molar-refractivity contribution in [2.45, 2.75) is 39.1 Å². The molecule has 1 aromatic carbocycles. The molecule has 0 aromatic heterocycles. The predicted molar refractivity (Wildman–Crippen MR) is 92.2 cm³/mol. The summed E-state index contributed by atoms with van der Waals surface area (Å²) in [5.41, 5.74) is 0.448.